The van der Waals surface area contributed by atoms with Gasteiger partial charge in [0.1, 0.15) is 0 Å². The van der Waals surface area contributed by atoms with Crippen molar-refractivity contribution < 1.29 is 9.59 Å². The number of primary amides is 1. The smallest absolute Gasteiger partial charge is 0.246 e. The summed E-state index contributed by atoms with van der Waals surface area (Å²) in [7, 11) is 0. The van der Waals surface area contributed by atoms with Gasteiger partial charge in [-0.1, -0.05) is 30.3 Å². The van der Waals surface area contributed by atoms with E-state index in [1.165, 1.54) is 10.4 Å². The van der Waals surface area contributed by atoms with Crippen molar-refractivity contribution in [3.8, 4) is 10.4 Å². The summed E-state index contributed by atoms with van der Waals surface area (Å²) in [5, 5.41) is 0. The summed E-state index contributed by atoms with van der Waals surface area (Å²) in [6.07, 6.45) is 4.06. The zero-order valence-electron chi connectivity index (χ0n) is 12.6. The van der Waals surface area contributed by atoms with E-state index in [0.29, 0.717) is 19.5 Å². The molecule has 2 heterocycles. The zero-order chi connectivity index (χ0) is 16.2. The molecule has 1 aliphatic rings. The molecule has 2 aromatic rings. The van der Waals surface area contributed by atoms with Crippen LogP contribution in [0.1, 0.15) is 11.3 Å². The van der Waals surface area contributed by atoms with Crippen LogP contribution in [0.5, 0.6) is 0 Å². The number of hydrogen-bond acceptors (Lipinski definition) is 3. The van der Waals surface area contributed by atoms with Crippen molar-refractivity contribution in [3.05, 3.63) is 53.4 Å². The van der Waals surface area contributed by atoms with Crippen LogP contribution in [-0.4, -0.2) is 29.8 Å². The van der Waals surface area contributed by atoms with Crippen LogP contribution in [0.15, 0.2) is 48.5 Å². The van der Waals surface area contributed by atoms with Gasteiger partial charge in [-0.3, -0.25) is 9.59 Å². The van der Waals surface area contributed by atoms with E-state index < -0.39 is 0 Å². The highest BCUT2D eigenvalue weighted by Crippen LogP contribution is 2.28. The third kappa shape index (κ3) is 3.68. The van der Waals surface area contributed by atoms with Crippen molar-refractivity contribution in [2.45, 2.75) is 6.42 Å². The minimum absolute atomic E-state index is 0.0663. The third-order valence-corrected chi connectivity index (χ3v) is 5.08. The Bertz CT molecular complexity index is 736. The molecule has 23 heavy (non-hydrogen) atoms. The number of rotatable bonds is 4. The average molecular weight is 326 g/mol. The van der Waals surface area contributed by atoms with Crippen molar-refractivity contribution >= 4 is 29.2 Å². The first kappa shape index (κ1) is 15.5. The predicted octanol–water partition coefficient (Wildman–Crippen LogP) is 2.76. The molecule has 2 N–H and O–H groups in total. The maximum atomic E-state index is 12.2. The molecule has 0 bridgehead atoms. The lowest BCUT2D eigenvalue weighted by molar-refractivity contribution is -0.125. The molecule has 4 nitrogen and oxygen atoms in total. The molecule has 1 saturated heterocycles. The van der Waals surface area contributed by atoms with E-state index in [1.54, 1.807) is 22.3 Å². The van der Waals surface area contributed by atoms with Crippen LogP contribution in [0.3, 0.4) is 0 Å². The van der Waals surface area contributed by atoms with E-state index in [2.05, 4.69) is 18.2 Å². The Morgan fingerprint density at radius 1 is 1.17 bits per heavy atom. The van der Waals surface area contributed by atoms with Gasteiger partial charge in [-0.15, -0.1) is 11.3 Å². The lowest BCUT2D eigenvalue weighted by atomic mass is 10.1. The predicted molar refractivity (Wildman–Crippen MR) is 92.7 cm³/mol. The van der Waals surface area contributed by atoms with E-state index in [9.17, 15) is 9.59 Å². The summed E-state index contributed by atoms with van der Waals surface area (Å²) in [5.74, 6) is -0.600. The summed E-state index contributed by atoms with van der Waals surface area (Å²) >= 11 is 1.64. The zero-order valence-corrected chi connectivity index (χ0v) is 13.5. The second-order valence-electron chi connectivity index (χ2n) is 5.57. The van der Waals surface area contributed by atoms with Gasteiger partial charge in [0.25, 0.3) is 0 Å². The van der Waals surface area contributed by atoms with Gasteiger partial charge in [-0.2, -0.15) is 0 Å². The molecule has 3 rings (SSSR count). The fourth-order valence-electron chi connectivity index (χ4n) is 2.65. The van der Waals surface area contributed by atoms with Gasteiger partial charge < -0.3 is 10.6 Å². The standard InChI is InChI=1S/C18H18N2O2S/c19-18(22)14-10-11-20(12-14)17(21)9-7-15-6-8-16(23-15)13-4-2-1-3-5-13/h1-9,14H,10-12H2,(H2,19,22). The van der Waals surface area contributed by atoms with Gasteiger partial charge in [-0.05, 0) is 30.2 Å². The molecular formula is C18H18N2O2S. The van der Waals surface area contributed by atoms with Crippen molar-refractivity contribution in [2.24, 2.45) is 11.7 Å². The van der Waals surface area contributed by atoms with Crippen molar-refractivity contribution in [3.63, 3.8) is 0 Å². The van der Waals surface area contributed by atoms with Gasteiger partial charge in [0, 0.05) is 28.9 Å². The Labute approximate surface area is 139 Å². The highest BCUT2D eigenvalue weighted by molar-refractivity contribution is 7.16. The molecule has 1 aromatic heterocycles. The van der Waals surface area contributed by atoms with E-state index >= 15 is 0 Å². The van der Waals surface area contributed by atoms with Crippen LogP contribution in [0, 0.1) is 5.92 Å². The number of carbonyl (C=O) groups excluding carboxylic acids is 2. The second-order valence-corrected chi connectivity index (χ2v) is 6.69. The number of nitrogens with zero attached hydrogens (tertiary/aromatic N) is 1. The quantitative estimate of drug-likeness (QED) is 0.878. The number of nitrogens with two attached hydrogens (primary N) is 1. The van der Waals surface area contributed by atoms with Crippen LogP contribution in [0.4, 0.5) is 0 Å². The maximum Gasteiger partial charge on any atom is 0.246 e. The number of benzene rings is 1. The lowest BCUT2D eigenvalue weighted by Gasteiger charge is -2.12. The molecule has 1 aliphatic heterocycles. The largest absolute Gasteiger partial charge is 0.369 e. The Balaban J connectivity index is 1.63. The first-order valence-electron chi connectivity index (χ1n) is 7.55. The lowest BCUT2D eigenvalue weighted by Crippen LogP contribution is -2.30. The van der Waals surface area contributed by atoms with Crippen LogP contribution < -0.4 is 5.73 Å². The molecule has 5 heteroatoms. The van der Waals surface area contributed by atoms with Crippen molar-refractivity contribution in [1.82, 2.24) is 4.90 Å². The Hall–Kier alpha value is -2.40. The molecule has 1 unspecified atom stereocenters. The molecular weight excluding hydrogens is 308 g/mol. The molecule has 0 saturated carbocycles. The topological polar surface area (TPSA) is 63.4 Å². The summed E-state index contributed by atoms with van der Waals surface area (Å²) < 4.78 is 0. The monoisotopic (exact) mass is 326 g/mol. The van der Waals surface area contributed by atoms with Crippen LogP contribution in [0.25, 0.3) is 16.5 Å². The SMILES string of the molecule is NC(=O)C1CCN(C(=O)C=Cc2ccc(-c3ccccc3)s2)C1. The first-order chi connectivity index (χ1) is 11.1. The van der Waals surface area contributed by atoms with Crippen LogP contribution >= 0.6 is 11.3 Å². The molecule has 1 aromatic carbocycles. The van der Waals surface area contributed by atoms with Crippen molar-refractivity contribution in [1.29, 1.82) is 0 Å². The number of likely N-dealkylation sites (tertiary alicyclic amines) is 1. The molecule has 0 radical (unpaired) electrons. The molecule has 1 fully saturated rings. The fraction of sp³-hybridized carbons (Fsp3) is 0.222. The highest BCUT2D eigenvalue weighted by atomic mass is 32.1. The van der Waals surface area contributed by atoms with Gasteiger partial charge in [0.2, 0.25) is 11.8 Å². The molecule has 0 aliphatic carbocycles. The first-order valence-corrected chi connectivity index (χ1v) is 8.36. The van der Waals surface area contributed by atoms with E-state index in [0.717, 1.165) is 4.88 Å². The van der Waals surface area contributed by atoms with E-state index in [4.69, 9.17) is 5.73 Å². The summed E-state index contributed by atoms with van der Waals surface area (Å²) in [4.78, 5) is 27.2. The van der Waals surface area contributed by atoms with E-state index in [1.807, 2.05) is 30.3 Å². The average Bonchev–Trinajstić information content (AvgIpc) is 3.23. The molecule has 2 amide bonds. The van der Waals surface area contributed by atoms with Gasteiger partial charge in [-0.25, -0.2) is 0 Å². The Morgan fingerprint density at radius 2 is 1.96 bits per heavy atom. The Kier molecular flexibility index (Phi) is 4.57. The molecule has 1 atom stereocenters. The summed E-state index contributed by atoms with van der Waals surface area (Å²) in [6, 6.07) is 14.2. The number of carbonyl (C=O) groups is 2. The minimum Gasteiger partial charge on any atom is -0.369 e. The normalized spacial score (nSPS) is 17.7. The minimum atomic E-state index is -0.324. The Morgan fingerprint density at radius 3 is 2.65 bits per heavy atom. The molecule has 118 valence electrons. The highest BCUT2D eigenvalue weighted by Gasteiger charge is 2.28. The van der Waals surface area contributed by atoms with Gasteiger partial charge in [0.05, 0.1) is 5.92 Å². The van der Waals surface area contributed by atoms with E-state index in [-0.39, 0.29) is 17.7 Å². The summed E-state index contributed by atoms with van der Waals surface area (Å²) in [5.41, 5.74) is 6.46. The number of hydrogen-bond donors (Lipinski definition) is 1. The second kappa shape index (κ2) is 6.79. The van der Waals surface area contributed by atoms with Crippen LogP contribution in [-0.2, 0) is 9.59 Å². The van der Waals surface area contributed by atoms with Gasteiger partial charge in [0.15, 0.2) is 0 Å². The van der Waals surface area contributed by atoms with Gasteiger partial charge >= 0.3 is 0 Å². The summed E-state index contributed by atoms with van der Waals surface area (Å²) in [6.45, 7) is 1.02. The number of amides is 2. The van der Waals surface area contributed by atoms with Crippen LogP contribution in [0.2, 0.25) is 0 Å². The van der Waals surface area contributed by atoms with Crippen molar-refractivity contribution in [2.75, 3.05) is 13.1 Å². The number of thiophene rings is 1. The maximum absolute atomic E-state index is 12.2. The third-order valence-electron chi connectivity index (χ3n) is 3.98. The fourth-order valence-corrected chi connectivity index (χ4v) is 3.57. The molecule has 0 spiro atoms.